The third kappa shape index (κ3) is 9.55. The molecular weight excluding hydrogens is 470 g/mol. The lowest BCUT2D eigenvalue weighted by Gasteiger charge is -2.07. The van der Waals surface area contributed by atoms with Crippen molar-refractivity contribution in [1.29, 1.82) is 0 Å². The van der Waals surface area contributed by atoms with Crippen molar-refractivity contribution in [2.75, 3.05) is 27.4 Å². The maximum absolute atomic E-state index is 11.9. The highest BCUT2D eigenvalue weighted by Crippen LogP contribution is 2.20. The number of methoxy groups -OCH3 is 2. The van der Waals surface area contributed by atoms with E-state index in [1.165, 1.54) is 38.5 Å². The molecule has 9 nitrogen and oxygen atoms in total. The van der Waals surface area contributed by atoms with Crippen LogP contribution in [0.25, 0.3) is 0 Å². The number of sulfonamides is 1. The number of esters is 1. The summed E-state index contributed by atoms with van der Waals surface area (Å²) in [7, 11) is 0.736. The molecule has 0 aliphatic rings. The zero-order valence-corrected chi connectivity index (χ0v) is 19.6. The first-order valence-electron chi connectivity index (χ1n) is 8.91. The molecule has 0 saturated carbocycles. The number of carbonyl (C=O) groups is 1. The van der Waals surface area contributed by atoms with Crippen LogP contribution in [0.2, 0.25) is 0 Å². The Bertz CT molecular complexity index is 1070. The molecular formula is C19H24ClNO8S2. The Morgan fingerprint density at radius 1 is 0.935 bits per heavy atom. The standard InChI is InChI=1S/C12H17NO5S.C7H7ClO3S/c1-3-18-12(14)7-8-13-19(15,16)11-6-4-5-10(9-11)17-2;1-11-6-3-2-4-7(5-6)12(8,9)10/h4-6,9,13H,3,7-8H2,1-2H3;2-5H,1H3. The van der Waals surface area contributed by atoms with E-state index >= 15 is 0 Å². The first kappa shape index (κ1) is 26.7. The molecule has 0 fully saturated rings. The van der Waals surface area contributed by atoms with Crippen molar-refractivity contribution < 1.29 is 35.8 Å². The Kier molecular flexibility index (Phi) is 10.8. The summed E-state index contributed by atoms with van der Waals surface area (Å²) in [5.41, 5.74) is 0. The van der Waals surface area contributed by atoms with Crippen molar-refractivity contribution in [1.82, 2.24) is 4.72 Å². The third-order valence-electron chi connectivity index (χ3n) is 3.60. The summed E-state index contributed by atoms with van der Waals surface area (Å²) in [5.74, 6) is 0.487. The average molecular weight is 494 g/mol. The molecule has 0 aliphatic carbocycles. The lowest BCUT2D eigenvalue weighted by Crippen LogP contribution is -2.26. The normalized spacial score (nSPS) is 11.1. The van der Waals surface area contributed by atoms with Crippen LogP contribution in [0.5, 0.6) is 11.5 Å². The van der Waals surface area contributed by atoms with Crippen LogP contribution < -0.4 is 14.2 Å². The van der Waals surface area contributed by atoms with E-state index in [1.807, 2.05) is 0 Å². The molecule has 0 atom stereocenters. The van der Waals surface area contributed by atoms with Gasteiger partial charge in [0.25, 0.3) is 9.05 Å². The summed E-state index contributed by atoms with van der Waals surface area (Å²) < 4.78 is 62.3. The fourth-order valence-corrected chi connectivity index (χ4v) is 3.98. The Labute approximate surface area is 186 Å². The van der Waals surface area contributed by atoms with Crippen molar-refractivity contribution in [3.63, 3.8) is 0 Å². The van der Waals surface area contributed by atoms with Crippen molar-refractivity contribution in [2.24, 2.45) is 0 Å². The molecule has 12 heteroatoms. The molecule has 0 aliphatic heterocycles. The molecule has 2 aromatic rings. The van der Waals surface area contributed by atoms with Gasteiger partial charge in [-0.25, -0.2) is 21.6 Å². The zero-order chi connectivity index (χ0) is 23.5. The molecule has 0 heterocycles. The van der Waals surface area contributed by atoms with E-state index in [0.717, 1.165) is 0 Å². The molecule has 1 N–H and O–H groups in total. The van der Waals surface area contributed by atoms with Gasteiger partial charge in [-0.15, -0.1) is 0 Å². The Hall–Kier alpha value is -2.34. The number of benzene rings is 2. The summed E-state index contributed by atoms with van der Waals surface area (Å²) in [4.78, 5) is 11.2. The number of nitrogens with one attached hydrogen (secondary N) is 1. The van der Waals surface area contributed by atoms with Crippen LogP contribution >= 0.6 is 10.7 Å². The number of ether oxygens (including phenoxy) is 3. The quantitative estimate of drug-likeness (QED) is 0.417. The Balaban J connectivity index is 0.000000343. The van der Waals surface area contributed by atoms with Crippen LogP contribution in [0, 0.1) is 0 Å². The minimum atomic E-state index is -3.64. The van der Waals surface area contributed by atoms with E-state index in [1.54, 1.807) is 31.2 Å². The molecule has 2 aromatic carbocycles. The van der Waals surface area contributed by atoms with E-state index in [0.29, 0.717) is 11.5 Å². The SMILES string of the molecule is CCOC(=O)CCNS(=O)(=O)c1cccc(OC)c1.COc1cccc(S(=O)(=O)Cl)c1. The van der Waals surface area contributed by atoms with Gasteiger partial charge in [-0.3, -0.25) is 4.79 Å². The molecule has 0 bridgehead atoms. The molecule has 0 spiro atoms. The molecule has 2 rings (SSSR count). The van der Waals surface area contributed by atoms with Crippen LogP contribution in [0.4, 0.5) is 0 Å². The van der Waals surface area contributed by atoms with Gasteiger partial charge >= 0.3 is 5.97 Å². The van der Waals surface area contributed by atoms with Gasteiger partial charge < -0.3 is 14.2 Å². The van der Waals surface area contributed by atoms with Crippen LogP contribution in [0.3, 0.4) is 0 Å². The summed E-state index contributed by atoms with van der Waals surface area (Å²) in [5, 5.41) is 0. The molecule has 0 amide bonds. The maximum Gasteiger partial charge on any atom is 0.307 e. The van der Waals surface area contributed by atoms with Crippen LogP contribution in [-0.2, 0) is 28.6 Å². The molecule has 0 radical (unpaired) electrons. The summed E-state index contributed by atoms with van der Waals surface area (Å²) in [6.45, 7) is 1.97. The molecule has 0 aromatic heterocycles. The number of halogens is 1. The van der Waals surface area contributed by atoms with E-state index in [4.69, 9.17) is 24.9 Å². The number of carbonyl (C=O) groups excluding carboxylic acids is 1. The first-order chi connectivity index (χ1) is 14.5. The molecule has 0 unspecified atom stereocenters. The fraction of sp³-hybridized carbons (Fsp3) is 0.316. The predicted octanol–water partition coefficient (Wildman–Crippen LogP) is 2.55. The largest absolute Gasteiger partial charge is 0.497 e. The zero-order valence-electron chi connectivity index (χ0n) is 17.2. The lowest BCUT2D eigenvalue weighted by atomic mass is 10.3. The highest BCUT2D eigenvalue weighted by molar-refractivity contribution is 8.13. The first-order valence-corrected chi connectivity index (χ1v) is 12.7. The maximum atomic E-state index is 11.9. The minimum absolute atomic E-state index is 0.00161. The van der Waals surface area contributed by atoms with E-state index in [9.17, 15) is 21.6 Å². The van der Waals surface area contributed by atoms with Gasteiger partial charge in [-0.1, -0.05) is 12.1 Å². The van der Waals surface area contributed by atoms with Crippen LogP contribution in [0.15, 0.2) is 58.3 Å². The average Bonchev–Trinajstić information content (AvgIpc) is 2.74. The van der Waals surface area contributed by atoms with Gasteiger partial charge in [0.15, 0.2) is 0 Å². The van der Waals surface area contributed by atoms with Gasteiger partial charge in [0.1, 0.15) is 11.5 Å². The summed E-state index contributed by atoms with van der Waals surface area (Å²) in [6.07, 6.45) is -0.00294. The second-order valence-electron chi connectivity index (χ2n) is 5.75. The van der Waals surface area contributed by atoms with E-state index < -0.39 is 25.0 Å². The van der Waals surface area contributed by atoms with E-state index in [-0.39, 0.29) is 29.4 Å². The number of rotatable bonds is 9. The lowest BCUT2D eigenvalue weighted by molar-refractivity contribution is -0.142. The van der Waals surface area contributed by atoms with Crippen molar-refractivity contribution >= 4 is 35.7 Å². The Morgan fingerprint density at radius 3 is 1.94 bits per heavy atom. The van der Waals surface area contributed by atoms with Gasteiger partial charge in [-0.2, -0.15) is 0 Å². The smallest absolute Gasteiger partial charge is 0.307 e. The van der Waals surface area contributed by atoms with Crippen LogP contribution in [-0.4, -0.2) is 50.2 Å². The second-order valence-corrected chi connectivity index (χ2v) is 10.1. The number of hydrogen-bond acceptors (Lipinski definition) is 8. The third-order valence-corrected chi connectivity index (χ3v) is 6.41. The van der Waals surface area contributed by atoms with Gasteiger partial charge in [0.2, 0.25) is 10.0 Å². The van der Waals surface area contributed by atoms with Gasteiger partial charge in [0.05, 0.1) is 37.0 Å². The highest BCUT2D eigenvalue weighted by Gasteiger charge is 2.15. The molecule has 0 saturated heterocycles. The molecule has 31 heavy (non-hydrogen) atoms. The second kappa shape index (κ2) is 12.5. The van der Waals surface area contributed by atoms with Crippen molar-refractivity contribution in [2.45, 2.75) is 23.1 Å². The molecule has 172 valence electrons. The summed E-state index contributed by atoms with van der Waals surface area (Å²) >= 11 is 0. The summed E-state index contributed by atoms with van der Waals surface area (Å²) in [6, 6.07) is 12.1. The fourth-order valence-electron chi connectivity index (χ4n) is 2.13. The van der Waals surface area contributed by atoms with E-state index in [2.05, 4.69) is 4.72 Å². The number of hydrogen-bond donors (Lipinski definition) is 1. The van der Waals surface area contributed by atoms with Crippen molar-refractivity contribution in [3.05, 3.63) is 48.5 Å². The topological polar surface area (TPSA) is 125 Å². The van der Waals surface area contributed by atoms with Crippen LogP contribution in [0.1, 0.15) is 13.3 Å². The van der Waals surface area contributed by atoms with Gasteiger partial charge in [-0.05, 0) is 31.2 Å². The highest BCUT2D eigenvalue weighted by atomic mass is 35.7. The van der Waals surface area contributed by atoms with Crippen molar-refractivity contribution in [3.8, 4) is 11.5 Å². The predicted molar refractivity (Wildman–Crippen MR) is 115 cm³/mol. The van der Waals surface area contributed by atoms with Gasteiger partial charge in [0, 0.05) is 29.4 Å². The monoisotopic (exact) mass is 493 g/mol. The minimum Gasteiger partial charge on any atom is -0.497 e. The Morgan fingerprint density at radius 2 is 1.45 bits per heavy atom.